The van der Waals surface area contributed by atoms with Crippen molar-refractivity contribution in [3.8, 4) is 5.88 Å². The van der Waals surface area contributed by atoms with Crippen molar-refractivity contribution >= 4 is 11.5 Å². The van der Waals surface area contributed by atoms with Gasteiger partial charge in [-0.25, -0.2) is 4.98 Å². The number of rotatable bonds is 8. The number of nitrogens with zero attached hydrogens (tertiary/aromatic N) is 3. The maximum absolute atomic E-state index is 5.81. The van der Waals surface area contributed by atoms with Crippen LogP contribution in [0.5, 0.6) is 5.88 Å². The van der Waals surface area contributed by atoms with E-state index in [4.69, 9.17) is 10.5 Å². The molecule has 0 aromatic carbocycles. The SMILES string of the molecule is CCCOc1nc(NCCCc2ncn[nH]2)ccc1N. The summed E-state index contributed by atoms with van der Waals surface area (Å²) in [5.74, 6) is 2.15. The first-order chi connectivity index (χ1) is 9.79. The van der Waals surface area contributed by atoms with Gasteiger partial charge < -0.3 is 15.8 Å². The molecule has 0 saturated heterocycles. The topological polar surface area (TPSA) is 102 Å². The Morgan fingerprint density at radius 3 is 3.05 bits per heavy atom. The number of hydrogen-bond donors (Lipinski definition) is 3. The molecule has 2 rings (SSSR count). The molecule has 2 aromatic rings. The van der Waals surface area contributed by atoms with Crippen LogP contribution in [0.3, 0.4) is 0 Å². The summed E-state index contributed by atoms with van der Waals surface area (Å²) >= 11 is 0. The lowest BCUT2D eigenvalue weighted by atomic mass is 10.3. The third-order valence-electron chi connectivity index (χ3n) is 2.69. The zero-order valence-electron chi connectivity index (χ0n) is 11.6. The molecule has 0 saturated carbocycles. The summed E-state index contributed by atoms with van der Waals surface area (Å²) in [7, 11) is 0. The van der Waals surface area contributed by atoms with Gasteiger partial charge in [-0.2, -0.15) is 10.1 Å². The molecule has 7 heteroatoms. The number of anilines is 2. The van der Waals surface area contributed by atoms with Gasteiger partial charge in [-0.05, 0) is 25.0 Å². The second-order valence-electron chi connectivity index (χ2n) is 4.40. The van der Waals surface area contributed by atoms with Crippen LogP contribution in [0.25, 0.3) is 0 Å². The molecule has 108 valence electrons. The van der Waals surface area contributed by atoms with Gasteiger partial charge in [0.05, 0.1) is 12.3 Å². The van der Waals surface area contributed by atoms with Gasteiger partial charge in [0, 0.05) is 13.0 Å². The Morgan fingerprint density at radius 2 is 2.30 bits per heavy atom. The van der Waals surface area contributed by atoms with E-state index in [1.807, 2.05) is 13.0 Å². The van der Waals surface area contributed by atoms with Crippen LogP contribution in [-0.4, -0.2) is 33.3 Å². The Hall–Kier alpha value is -2.31. The minimum atomic E-state index is 0.493. The standard InChI is InChI=1S/C13H20N6O/c1-2-8-20-13-10(14)5-6-11(18-13)15-7-3-4-12-16-9-17-19-12/h5-6,9H,2-4,7-8,14H2,1H3,(H,15,18)(H,16,17,19). The molecule has 0 radical (unpaired) electrons. The van der Waals surface area contributed by atoms with Crippen LogP contribution < -0.4 is 15.8 Å². The Kier molecular flexibility index (Phi) is 5.16. The van der Waals surface area contributed by atoms with E-state index < -0.39 is 0 Å². The molecule has 0 fully saturated rings. The molecule has 0 aliphatic heterocycles. The molecular weight excluding hydrogens is 256 g/mol. The summed E-state index contributed by atoms with van der Waals surface area (Å²) in [5.41, 5.74) is 6.38. The van der Waals surface area contributed by atoms with Crippen molar-refractivity contribution < 1.29 is 4.74 Å². The predicted molar refractivity (Wildman–Crippen MR) is 77.6 cm³/mol. The van der Waals surface area contributed by atoms with Crippen molar-refractivity contribution in [1.29, 1.82) is 0 Å². The lowest BCUT2D eigenvalue weighted by Crippen LogP contribution is -2.07. The van der Waals surface area contributed by atoms with E-state index in [0.717, 1.165) is 37.4 Å². The lowest BCUT2D eigenvalue weighted by molar-refractivity contribution is 0.307. The first-order valence-electron chi connectivity index (χ1n) is 6.77. The van der Waals surface area contributed by atoms with E-state index in [9.17, 15) is 0 Å². The summed E-state index contributed by atoms with van der Waals surface area (Å²) in [6.45, 7) is 3.46. The summed E-state index contributed by atoms with van der Waals surface area (Å²) in [6, 6.07) is 3.65. The molecule has 7 nitrogen and oxygen atoms in total. The highest BCUT2D eigenvalue weighted by atomic mass is 16.5. The van der Waals surface area contributed by atoms with Crippen molar-refractivity contribution in [2.75, 3.05) is 24.2 Å². The van der Waals surface area contributed by atoms with Crippen LogP contribution in [-0.2, 0) is 6.42 Å². The first kappa shape index (κ1) is 14.1. The number of pyridine rings is 1. The molecule has 2 heterocycles. The van der Waals surface area contributed by atoms with Crippen LogP contribution >= 0.6 is 0 Å². The largest absolute Gasteiger partial charge is 0.476 e. The predicted octanol–water partition coefficient (Wildman–Crippen LogP) is 1.62. The summed E-state index contributed by atoms with van der Waals surface area (Å²) in [5, 5.41) is 9.89. The van der Waals surface area contributed by atoms with E-state index in [1.54, 1.807) is 6.07 Å². The number of aryl methyl sites for hydroxylation is 1. The fraction of sp³-hybridized carbons (Fsp3) is 0.462. The maximum Gasteiger partial charge on any atom is 0.239 e. The minimum Gasteiger partial charge on any atom is -0.476 e. The van der Waals surface area contributed by atoms with Gasteiger partial charge in [-0.1, -0.05) is 6.92 Å². The third kappa shape index (κ3) is 4.11. The molecule has 0 aliphatic carbocycles. The number of hydrogen-bond acceptors (Lipinski definition) is 6. The van der Waals surface area contributed by atoms with Gasteiger partial charge in [0.2, 0.25) is 5.88 Å². The van der Waals surface area contributed by atoms with E-state index in [-0.39, 0.29) is 0 Å². The van der Waals surface area contributed by atoms with Crippen LogP contribution in [0.2, 0.25) is 0 Å². The summed E-state index contributed by atoms with van der Waals surface area (Å²) in [6.07, 6.45) is 4.23. The fourth-order valence-corrected chi connectivity index (χ4v) is 1.69. The van der Waals surface area contributed by atoms with E-state index in [1.165, 1.54) is 6.33 Å². The highest BCUT2D eigenvalue weighted by molar-refractivity contribution is 5.53. The molecule has 0 amide bonds. The van der Waals surface area contributed by atoms with E-state index in [0.29, 0.717) is 18.2 Å². The van der Waals surface area contributed by atoms with E-state index in [2.05, 4.69) is 25.5 Å². The summed E-state index contributed by atoms with van der Waals surface area (Å²) < 4.78 is 5.49. The molecular formula is C13H20N6O. The molecule has 0 atom stereocenters. The van der Waals surface area contributed by atoms with Crippen molar-refractivity contribution in [3.63, 3.8) is 0 Å². The number of nitrogens with one attached hydrogen (secondary N) is 2. The Morgan fingerprint density at radius 1 is 1.40 bits per heavy atom. The number of nitrogen functional groups attached to an aromatic ring is 1. The zero-order valence-corrected chi connectivity index (χ0v) is 11.6. The number of nitrogens with two attached hydrogens (primary N) is 1. The normalized spacial score (nSPS) is 10.4. The number of H-pyrrole nitrogens is 1. The van der Waals surface area contributed by atoms with Crippen molar-refractivity contribution in [2.45, 2.75) is 26.2 Å². The molecule has 0 spiro atoms. The van der Waals surface area contributed by atoms with Gasteiger partial charge in [0.15, 0.2) is 0 Å². The average Bonchev–Trinajstić information content (AvgIpc) is 2.97. The van der Waals surface area contributed by atoms with Gasteiger partial charge in [-0.15, -0.1) is 0 Å². The van der Waals surface area contributed by atoms with Crippen molar-refractivity contribution in [3.05, 3.63) is 24.3 Å². The Balaban J connectivity index is 1.80. The van der Waals surface area contributed by atoms with Crippen LogP contribution in [0.1, 0.15) is 25.6 Å². The fourth-order valence-electron chi connectivity index (χ4n) is 1.69. The summed E-state index contributed by atoms with van der Waals surface area (Å²) in [4.78, 5) is 8.42. The van der Waals surface area contributed by atoms with Gasteiger partial charge >= 0.3 is 0 Å². The number of aromatic nitrogens is 4. The smallest absolute Gasteiger partial charge is 0.239 e. The Bertz CT molecular complexity index is 514. The monoisotopic (exact) mass is 276 g/mol. The van der Waals surface area contributed by atoms with Crippen molar-refractivity contribution in [2.24, 2.45) is 0 Å². The quantitative estimate of drug-likeness (QED) is 0.633. The number of aromatic amines is 1. The van der Waals surface area contributed by atoms with Gasteiger partial charge in [-0.3, -0.25) is 5.10 Å². The Labute approximate surface area is 118 Å². The van der Waals surface area contributed by atoms with Crippen LogP contribution in [0.15, 0.2) is 18.5 Å². The second kappa shape index (κ2) is 7.32. The van der Waals surface area contributed by atoms with Gasteiger partial charge in [0.1, 0.15) is 18.0 Å². The van der Waals surface area contributed by atoms with Crippen molar-refractivity contribution in [1.82, 2.24) is 20.2 Å². The third-order valence-corrected chi connectivity index (χ3v) is 2.69. The van der Waals surface area contributed by atoms with E-state index >= 15 is 0 Å². The van der Waals surface area contributed by atoms with Gasteiger partial charge in [0.25, 0.3) is 0 Å². The first-order valence-corrected chi connectivity index (χ1v) is 6.77. The van der Waals surface area contributed by atoms with Crippen LogP contribution in [0, 0.1) is 0 Å². The highest BCUT2D eigenvalue weighted by Gasteiger charge is 2.04. The highest BCUT2D eigenvalue weighted by Crippen LogP contribution is 2.20. The molecule has 4 N–H and O–H groups in total. The maximum atomic E-state index is 5.81. The molecule has 0 bridgehead atoms. The molecule has 2 aromatic heterocycles. The van der Waals surface area contributed by atoms with Crippen LogP contribution in [0.4, 0.5) is 11.5 Å². The lowest BCUT2D eigenvalue weighted by Gasteiger charge is -2.10. The zero-order chi connectivity index (χ0) is 14.2. The molecule has 0 aliphatic rings. The molecule has 20 heavy (non-hydrogen) atoms. The second-order valence-corrected chi connectivity index (χ2v) is 4.40. The molecule has 0 unspecified atom stereocenters. The number of ether oxygens (including phenoxy) is 1. The average molecular weight is 276 g/mol. The minimum absolute atomic E-state index is 0.493.